The summed E-state index contributed by atoms with van der Waals surface area (Å²) in [4.78, 5) is 33.2. The molecule has 0 aliphatic carbocycles. The molecule has 6 rings (SSSR count). The second kappa shape index (κ2) is 10.8. The Hall–Kier alpha value is -5.15. The Morgan fingerprint density at radius 2 is 1.51 bits per heavy atom. The van der Waals surface area contributed by atoms with Crippen molar-refractivity contribution in [2.75, 3.05) is 19.1 Å². The number of aromatic nitrogens is 1. The molecule has 1 saturated heterocycles. The highest BCUT2D eigenvalue weighted by Crippen LogP contribution is 2.45. The molecule has 1 aliphatic heterocycles. The van der Waals surface area contributed by atoms with Gasteiger partial charge in [0, 0.05) is 5.56 Å². The van der Waals surface area contributed by atoms with Crippen LogP contribution in [0.1, 0.15) is 17.2 Å². The Balaban J connectivity index is 1.51. The highest BCUT2D eigenvalue weighted by atomic mass is 32.1. The van der Waals surface area contributed by atoms with Crippen LogP contribution in [0, 0.1) is 0 Å². The van der Waals surface area contributed by atoms with Gasteiger partial charge in [0.25, 0.3) is 5.78 Å². The zero-order valence-corrected chi connectivity index (χ0v) is 22.9. The molecule has 1 amide bonds. The van der Waals surface area contributed by atoms with E-state index in [0.29, 0.717) is 44.8 Å². The summed E-state index contributed by atoms with van der Waals surface area (Å²) in [6.07, 6.45) is 0. The summed E-state index contributed by atoms with van der Waals surface area (Å²) < 4.78 is 17.4. The number of carbonyl (C=O) groups is 2. The van der Waals surface area contributed by atoms with Crippen molar-refractivity contribution in [1.82, 2.24) is 4.98 Å². The van der Waals surface area contributed by atoms with Crippen LogP contribution in [-0.4, -0.2) is 36.0 Å². The van der Waals surface area contributed by atoms with E-state index >= 15 is 0 Å². The molecule has 4 aromatic carbocycles. The number of methoxy groups -OCH3 is 2. The molecule has 204 valence electrons. The lowest BCUT2D eigenvalue weighted by Crippen LogP contribution is -2.29. The molecule has 0 bridgehead atoms. The van der Waals surface area contributed by atoms with Crippen molar-refractivity contribution >= 4 is 44.1 Å². The number of carbonyl (C=O) groups excluding carboxylic acids is 2. The minimum Gasteiger partial charge on any atom is -0.507 e. The van der Waals surface area contributed by atoms with Gasteiger partial charge in [-0.3, -0.25) is 14.5 Å². The third kappa shape index (κ3) is 4.87. The minimum atomic E-state index is -0.959. The Labute approximate surface area is 239 Å². The summed E-state index contributed by atoms with van der Waals surface area (Å²) in [5.41, 5.74) is 1.56. The molecular weight excluding hydrogens is 540 g/mol. The number of ether oxygens (including phenoxy) is 3. The van der Waals surface area contributed by atoms with Crippen LogP contribution in [0.3, 0.4) is 0 Å². The summed E-state index contributed by atoms with van der Waals surface area (Å²) in [5, 5.41) is 11.8. The quantitative estimate of drug-likeness (QED) is 0.133. The number of benzene rings is 4. The van der Waals surface area contributed by atoms with Gasteiger partial charge in [-0.1, -0.05) is 41.7 Å². The second-order valence-electron chi connectivity index (χ2n) is 9.22. The van der Waals surface area contributed by atoms with E-state index in [-0.39, 0.29) is 11.3 Å². The molecule has 9 heteroatoms. The Kier molecular flexibility index (Phi) is 6.86. The maximum Gasteiger partial charge on any atom is 0.301 e. The Morgan fingerprint density at radius 1 is 0.805 bits per heavy atom. The molecule has 1 aromatic heterocycles. The SMILES string of the molecule is COc1ccc(/C(O)=C2\C(=O)C(=O)N(c3nc4ccc(OC)cc4s3)C2c2cccc(Oc3ccccc3)c2)cc1. The van der Waals surface area contributed by atoms with Gasteiger partial charge in [0.15, 0.2) is 5.13 Å². The van der Waals surface area contributed by atoms with Gasteiger partial charge in [-0.25, -0.2) is 4.98 Å². The van der Waals surface area contributed by atoms with Gasteiger partial charge in [0.2, 0.25) is 0 Å². The van der Waals surface area contributed by atoms with Crippen molar-refractivity contribution in [3.63, 3.8) is 0 Å². The van der Waals surface area contributed by atoms with E-state index in [1.807, 2.05) is 36.4 Å². The number of nitrogens with zero attached hydrogens (tertiary/aromatic N) is 2. The summed E-state index contributed by atoms with van der Waals surface area (Å²) in [6.45, 7) is 0. The number of aliphatic hydroxyl groups is 1. The summed E-state index contributed by atoms with van der Waals surface area (Å²) in [7, 11) is 3.11. The first-order chi connectivity index (χ1) is 20.0. The predicted molar refractivity (Wildman–Crippen MR) is 157 cm³/mol. The average Bonchev–Trinajstić information content (AvgIpc) is 3.54. The van der Waals surface area contributed by atoms with Gasteiger partial charge in [0.05, 0.1) is 36.1 Å². The number of aliphatic hydroxyl groups excluding tert-OH is 1. The van der Waals surface area contributed by atoms with Gasteiger partial charge in [-0.05, 0) is 72.3 Å². The molecule has 1 unspecified atom stereocenters. The van der Waals surface area contributed by atoms with Gasteiger partial charge in [-0.15, -0.1) is 0 Å². The average molecular weight is 565 g/mol. The largest absolute Gasteiger partial charge is 0.507 e. The monoisotopic (exact) mass is 564 g/mol. The van der Waals surface area contributed by atoms with Crippen LogP contribution >= 0.6 is 11.3 Å². The maximum absolute atomic E-state index is 13.6. The Bertz CT molecular complexity index is 1800. The van der Waals surface area contributed by atoms with E-state index in [1.165, 1.54) is 16.2 Å². The molecule has 1 atom stereocenters. The van der Waals surface area contributed by atoms with Crippen molar-refractivity contribution in [3.8, 4) is 23.0 Å². The molecule has 0 spiro atoms. The molecule has 1 aliphatic rings. The van der Waals surface area contributed by atoms with Gasteiger partial charge >= 0.3 is 5.91 Å². The maximum atomic E-state index is 13.6. The number of thiazole rings is 1. The van der Waals surface area contributed by atoms with Crippen LogP contribution in [0.15, 0.2) is 103 Å². The number of para-hydroxylation sites is 1. The first kappa shape index (κ1) is 26.1. The normalized spacial score (nSPS) is 16.2. The Morgan fingerprint density at radius 3 is 2.24 bits per heavy atom. The van der Waals surface area contributed by atoms with Crippen LogP contribution in [0.2, 0.25) is 0 Å². The number of amides is 1. The lowest BCUT2D eigenvalue weighted by atomic mass is 9.95. The van der Waals surface area contributed by atoms with Crippen molar-refractivity contribution in [2.24, 2.45) is 0 Å². The van der Waals surface area contributed by atoms with Crippen molar-refractivity contribution < 1.29 is 28.9 Å². The van der Waals surface area contributed by atoms with E-state index < -0.39 is 17.7 Å². The third-order valence-electron chi connectivity index (χ3n) is 6.75. The molecule has 1 N–H and O–H groups in total. The van der Waals surface area contributed by atoms with E-state index in [2.05, 4.69) is 4.98 Å². The summed E-state index contributed by atoms with van der Waals surface area (Å²) in [5.74, 6) is 0.497. The molecule has 5 aromatic rings. The van der Waals surface area contributed by atoms with Gasteiger partial charge in [-0.2, -0.15) is 0 Å². The number of anilines is 1. The zero-order chi connectivity index (χ0) is 28.5. The van der Waals surface area contributed by atoms with E-state index in [4.69, 9.17) is 14.2 Å². The lowest BCUT2D eigenvalue weighted by Gasteiger charge is -2.23. The first-order valence-corrected chi connectivity index (χ1v) is 13.5. The van der Waals surface area contributed by atoms with Crippen LogP contribution in [0.4, 0.5) is 5.13 Å². The number of hydrogen-bond donors (Lipinski definition) is 1. The molecule has 1 fully saturated rings. The molecule has 0 saturated carbocycles. The third-order valence-corrected chi connectivity index (χ3v) is 7.77. The van der Waals surface area contributed by atoms with Crippen molar-refractivity contribution in [2.45, 2.75) is 6.04 Å². The minimum absolute atomic E-state index is 0.0473. The van der Waals surface area contributed by atoms with Crippen LogP contribution in [-0.2, 0) is 9.59 Å². The van der Waals surface area contributed by atoms with E-state index in [0.717, 1.165) is 4.70 Å². The molecule has 2 heterocycles. The van der Waals surface area contributed by atoms with Crippen LogP contribution in [0.25, 0.3) is 16.0 Å². The molecule has 8 nitrogen and oxygen atoms in total. The fraction of sp³-hybridized carbons (Fsp3) is 0.0938. The number of ketones is 1. The van der Waals surface area contributed by atoms with Gasteiger partial charge in [0.1, 0.15) is 28.8 Å². The fourth-order valence-electron chi connectivity index (χ4n) is 4.75. The summed E-state index contributed by atoms with van der Waals surface area (Å²) >= 11 is 1.26. The number of Topliss-reactive ketones (excluding diaryl/α,β-unsaturated/α-hetero) is 1. The zero-order valence-electron chi connectivity index (χ0n) is 22.1. The van der Waals surface area contributed by atoms with Crippen LogP contribution < -0.4 is 19.1 Å². The van der Waals surface area contributed by atoms with Crippen LogP contribution in [0.5, 0.6) is 23.0 Å². The summed E-state index contributed by atoms with van der Waals surface area (Å²) in [6, 6.07) is 27.5. The smallest absolute Gasteiger partial charge is 0.301 e. The van der Waals surface area contributed by atoms with E-state index in [9.17, 15) is 14.7 Å². The standard InChI is InChI=1S/C32H24N2O6S/c1-38-21-13-11-19(12-14-21)29(35)27-28(20-7-6-10-24(17-20)40-22-8-4-3-5-9-22)34(31(37)30(27)36)32-33-25-16-15-23(39-2)18-26(25)41-32/h3-18,28,35H,1-2H3/b29-27+. The predicted octanol–water partition coefficient (Wildman–Crippen LogP) is 6.73. The van der Waals surface area contributed by atoms with Crippen molar-refractivity contribution in [3.05, 3.63) is 114 Å². The second-order valence-corrected chi connectivity index (χ2v) is 10.2. The molecule has 0 radical (unpaired) electrons. The lowest BCUT2D eigenvalue weighted by molar-refractivity contribution is -0.132. The highest BCUT2D eigenvalue weighted by molar-refractivity contribution is 7.22. The number of fused-ring (bicyclic) bond motifs is 1. The van der Waals surface area contributed by atoms with E-state index in [1.54, 1.807) is 74.9 Å². The number of rotatable bonds is 7. The highest BCUT2D eigenvalue weighted by Gasteiger charge is 2.48. The van der Waals surface area contributed by atoms with Gasteiger partial charge < -0.3 is 19.3 Å². The topological polar surface area (TPSA) is 98.2 Å². The fourth-order valence-corrected chi connectivity index (χ4v) is 5.77. The number of hydrogen-bond acceptors (Lipinski definition) is 8. The first-order valence-electron chi connectivity index (χ1n) is 12.7. The van der Waals surface area contributed by atoms with Crippen molar-refractivity contribution in [1.29, 1.82) is 0 Å². The molecule has 41 heavy (non-hydrogen) atoms. The molecular formula is C32H24N2O6S.